The SMILES string of the molecule is O=c1n(CCN2CCOCC2)c2cc(Cl)c(Cl)cc2n1C1CCN(Cc2ccc(Cl)c(Cl)c2)CC1. The van der Waals surface area contributed by atoms with E-state index < -0.39 is 0 Å². The lowest BCUT2D eigenvalue weighted by atomic mass is 10.0. The Morgan fingerprint density at radius 3 is 2.11 bits per heavy atom. The predicted octanol–water partition coefficient (Wildman–Crippen LogP) is 5.59. The van der Waals surface area contributed by atoms with Crippen molar-refractivity contribution in [2.24, 2.45) is 0 Å². The van der Waals surface area contributed by atoms with Crippen LogP contribution in [0.3, 0.4) is 0 Å². The highest BCUT2D eigenvalue weighted by Crippen LogP contribution is 2.32. The van der Waals surface area contributed by atoms with Crippen molar-refractivity contribution in [1.29, 1.82) is 0 Å². The second-order valence-corrected chi connectivity index (χ2v) is 10.9. The fraction of sp³-hybridized carbons (Fsp3) is 0.480. The van der Waals surface area contributed by atoms with Gasteiger partial charge in [-0.1, -0.05) is 52.5 Å². The third-order valence-corrected chi connectivity index (χ3v) is 8.52. The number of piperidine rings is 1. The summed E-state index contributed by atoms with van der Waals surface area (Å²) in [5, 5.41) is 2.08. The molecule has 0 atom stereocenters. The molecule has 5 rings (SSSR count). The van der Waals surface area contributed by atoms with Gasteiger partial charge < -0.3 is 4.74 Å². The summed E-state index contributed by atoms with van der Waals surface area (Å²) >= 11 is 25.0. The standard InChI is InChI=1S/C25H28Cl4N4O2/c26-19-2-1-17(13-20(19)27)16-31-5-3-18(4-6-31)33-24-15-22(29)21(28)14-23(24)32(25(33)34)8-7-30-9-11-35-12-10-30/h1-2,13-15,18H,3-12,16H2. The Morgan fingerprint density at radius 1 is 0.771 bits per heavy atom. The molecular formula is C25H28Cl4N4O2. The minimum atomic E-state index is 0.00882. The number of halogens is 4. The molecule has 0 radical (unpaired) electrons. The molecule has 188 valence electrons. The molecule has 0 amide bonds. The summed E-state index contributed by atoms with van der Waals surface area (Å²) in [4.78, 5) is 18.4. The largest absolute Gasteiger partial charge is 0.379 e. The zero-order chi connectivity index (χ0) is 24.5. The van der Waals surface area contributed by atoms with E-state index in [-0.39, 0.29) is 11.7 Å². The Morgan fingerprint density at radius 2 is 1.43 bits per heavy atom. The number of benzene rings is 2. The van der Waals surface area contributed by atoms with Crippen LogP contribution in [0, 0.1) is 0 Å². The Hall–Kier alpha value is -1.25. The van der Waals surface area contributed by atoms with Gasteiger partial charge in [0.15, 0.2) is 0 Å². The van der Waals surface area contributed by atoms with Crippen molar-refractivity contribution in [2.75, 3.05) is 45.9 Å². The first-order valence-electron chi connectivity index (χ1n) is 12.0. The van der Waals surface area contributed by atoms with Crippen molar-refractivity contribution in [3.05, 3.63) is 66.5 Å². The fourth-order valence-electron chi connectivity index (χ4n) is 5.14. The Balaban J connectivity index is 1.35. The number of hydrogen-bond donors (Lipinski definition) is 0. The van der Waals surface area contributed by atoms with Crippen molar-refractivity contribution >= 4 is 57.4 Å². The van der Waals surface area contributed by atoms with Crippen LogP contribution < -0.4 is 5.69 Å². The lowest BCUT2D eigenvalue weighted by Crippen LogP contribution is -2.40. The minimum Gasteiger partial charge on any atom is -0.379 e. The minimum absolute atomic E-state index is 0.00882. The zero-order valence-corrected chi connectivity index (χ0v) is 22.4. The first kappa shape index (κ1) is 25.4. The first-order valence-corrected chi connectivity index (χ1v) is 13.5. The molecule has 0 aliphatic carbocycles. The summed E-state index contributed by atoms with van der Waals surface area (Å²) in [6, 6.07) is 9.56. The van der Waals surface area contributed by atoms with Crippen molar-refractivity contribution < 1.29 is 4.74 Å². The van der Waals surface area contributed by atoms with Crippen molar-refractivity contribution in [2.45, 2.75) is 32.0 Å². The molecule has 35 heavy (non-hydrogen) atoms. The topological polar surface area (TPSA) is 42.6 Å². The van der Waals surface area contributed by atoms with E-state index in [1.807, 2.05) is 39.5 Å². The molecule has 2 fully saturated rings. The molecular weight excluding hydrogens is 530 g/mol. The molecule has 0 saturated carbocycles. The monoisotopic (exact) mass is 556 g/mol. The number of hydrogen-bond acceptors (Lipinski definition) is 4. The maximum absolute atomic E-state index is 13.7. The maximum atomic E-state index is 13.7. The molecule has 2 saturated heterocycles. The Bertz CT molecular complexity index is 1260. The summed E-state index contributed by atoms with van der Waals surface area (Å²) < 4.78 is 9.25. The molecule has 2 aliphatic heterocycles. The van der Waals surface area contributed by atoms with E-state index >= 15 is 0 Å². The molecule has 3 aromatic rings. The van der Waals surface area contributed by atoms with E-state index in [9.17, 15) is 4.79 Å². The Labute approximate surface area is 224 Å². The average Bonchev–Trinajstić information content (AvgIpc) is 3.11. The summed E-state index contributed by atoms with van der Waals surface area (Å²) in [6.45, 7) is 7.23. The highest BCUT2D eigenvalue weighted by Gasteiger charge is 2.26. The van der Waals surface area contributed by atoms with Gasteiger partial charge in [0.25, 0.3) is 0 Å². The highest BCUT2D eigenvalue weighted by molar-refractivity contribution is 6.43. The van der Waals surface area contributed by atoms with Crippen LogP contribution in [0.2, 0.25) is 20.1 Å². The van der Waals surface area contributed by atoms with Gasteiger partial charge in [0, 0.05) is 51.9 Å². The molecule has 2 aromatic carbocycles. The summed E-state index contributed by atoms with van der Waals surface area (Å²) in [6.07, 6.45) is 1.76. The highest BCUT2D eigenvalue weighted by atomic mass is 35.5. The number of likely N-dealkylation sites (tertiary alicyclic amines) is 1. The normalized spacial score (nSPS) is 18.5. The second-order valence-electron chi connectivity index (χ2n) is 9.27. The molecule has 1 aromatic heterocycles. The van der Waals surface area contributed by atoms with E-state index in [4.69, 9.17) is 51.1 Å². The van der Waals surface area contributed by atoms with Crippen LogP contribution in [0.1, 0.15) is 24.4 Å². The van der Waals surface area contributed by atoms with Gasteiger partial charge in [-0.3, -0.25) is 18.9 Å². The number of nitrogens with zero attached hydrogens (tertiary/aromatic N) is 4. The van der Waals surface area contributed by atoms with E-state index in [0.29, 0.717) is 26.6 Å². The van der Waals surface area contributed by atoms with E-state index in [1.54, 1.807) is 0 Å². The number of aromatic nitrogens is 2. The maximum Gasteiger partial charge on any atom is 0.329 e. The fourth-order valence-corrected chi connectivity index (χ4v) is 5.77. The van der Waals surface area contributed by atoms with Crippen LogP contribution >= 0.6 is 46.4 Å². The number of imidazole rings is 1. The van der Waals surface area contributed by atoms with E-state index in [0.717, 1.165) is 81.9 Å². The number of fused-ring (bicyclic) bond motifs is 1. The molecule has 6 nitrogen and oxygen atoms in total. The third-order valence-electron chi connectivity index (χ3n) is 7.06. The summed E-state index contributed by atoms with van der Waals surface area (Å²) in [5.41, 5.74) is 2.84. The Kier molecular flexibility index (Phi) is 7.99. The summed E-state index contributed by atoms with van der Waals surface area (Å²) in [7, 11) is 0. The molecule has 0 N–H and O–H groups in total. The van der Waals surface area contributed by atoms with Gasteiger partial charge in [0.05, 0.1) is 44.3 Å². The van der Waals surface area contributed by atoms with Gasteiger partial charge in [-0.05, 0) is 42.7 Å². The van der Waals surface area contributed by atoms with Crippen LogP contribution in [0.4, 0.5) is 0 Å². The molecule has 10 heteroatoms. The van der Waals surface area contributed by atoms with Crippen LogP contribution in [0.5, 0.6) is 0 Å². The van der Waals surface area contributed by atoms with Crippen LogP contribution in [0.15, 0.2) is 35.1 Å². The molecule has 0 bridgehead atoms. The third kappa shape index (κ3) is 5.54. The lowest BCUT2D eigenvalue weighted by molar-refractivity contribution is 0.0364. The van der Waals surface area contributed by atoms with Crippen LogP contribution in [0.25, 0.3) is 11.0 Å². The van der Waals surface area contributed by atoms with Crippen molar-refractivity contribution in [3.63, 3.8) is 0 Å². The number of ether oxygens (including phenoxy) is 1. The van der Waals surface area contributed by atoms with Gasteiger partial charge in [0.1, 0.15) is 0 Å². The van der Waals surface area contributed by atoms with Crippen LogP contribution in [-0.2, 0) is 17.8 Å². The van der Waals surface area contributed by atoms with Crippen molar-refractivity contribution in [1.82, 2.24) is 18.9 Å². The predicted molar refractivity (Wildman–Crippen MR) is 143 cm³/mol. The zero-order valence-electron chi connectivity index (χ0n) is 19.4. The molecule has 0 spiro atoms. The molecule has 3 heterocycles. The van der Waals surface area contributed by atoms with Gasteiger partial charge in [-0.15, -0.1) is 0 Å². The van der Waals surface area contributed by atoms with Crippen molar-refractivity contribution in [3.8, 4) is 0 Å². The van der Waals surface area contributed by atoms with E-state index in [1.165, 1.54) is 0 Å². The van der Waals surface area contributed by atoms with Crippen LogP contribution in [-0.4, -0.2) is 64.9 Å². The second kappa shape index (κ2) is 11.0. The smallest absolute Gasteiger partial charge is 0.329 e. The molecule has 2 aliphatic rings. The van der Waals surface area contributed by atoms with Gasteiger partial charge in [0.2, 0.25) is 0 Å². The van der Waals surface area contributed by atoms with E-state index in [2.05, 4.69) is 9.80 Å². The first-order chi connectivity index (χ1) is 16.9. The molecule has 0 unspecified atom stereocenters. The average molecular weight is 558 g/mol. The number of morpholine rings is 1. The summed E-state index contributed by atoms with van der Waals surface area (Å²) in [5.74, 6) is 0. The quantitative estimate of drug-likeness (QED) is 0.396. The van der Waals surface area contributed by atoms with Gasteiger partial charge in [-0.2, -0.15) is 0 Å². The van der Waals surface area contributed by atoms with Gasteiger partial charge >= 0.3 is 5.69 Å². The number of rotatable bonds is 6. The van der Waals surface area contributed by atoms with Gasteiger partial charge in [-0.25, -0.2) is 4.79 Å². The lowest BCUT2D eigenvalue weighted by Gasteiger charge is -2.32.